The van der Waals surface area contributed by atoms with Crippen LogP contribution in [0.15, 0.2) is 215 Å². The standard InChI is InChI=1S/C53H34N2O2/c1-3-11-35(12-4-1)36-21-26-42(27-22-36)55(44-18-9-17-41(33-44)46-20-10-16-38-13-7-8-19-45(38)46)43-28-23-37(24-29-43)40-25-30-47-50(34-40)56-48-31-32-49-52(51(47)48)54-53(57-49)39-14-5-2-6-15-39/h1-34H. The zero-order valence-electron chi connectivity index (χ0n) is 30.8. The van der Waals surface area contributed by atoms with E-state index in [9.17, 15) is 0 Å². The smallest absolute Gasteiger partial charge is 0.227 e. The van der Waals surface area contributed by atoms with Gasteiger partial charge < -0.3 is 13.7 Å². The van der Waals surface area contributed by atoms with Crippen LogP contribution in [0.5, 0.6) is 0 Å². The van der Waals surface area contributed by atoms with Crippen LogP contribution in [-0.4, -0.2) is 4.98 Å². The van der Waals surface area contributed by atoms with Crippen molar-refractivity contribution >= 4 is 60.9 Å². The largest absolute Gasteiger partial charge is 0.456 e. The summed E-state index contributed by atoms with van der Waals surface area (Å²) >= 11 is 0. The molecule has 0 amide bonds. The van der Waals surface area contributed by atoms with Crippen molar-refractivity contribution in [1.82, 2.24) is 4.98 Å². The van der Waals surface area contributed by atoms with E-state index in [1.165, 1.54) is 33.0 Å². The van der Waals surface area contributed by atoms with Crippen LogP contribution in [0.1, 0.15) is 0 Å². The Kier molecular flexibility index (Phi) is 7.78. The lowest BCUT2D eigenvalue weighted by atomic mass is 9.97. The molecule has 2 heterocycles. The van der Waals surface area contributed by atoms with Crippen LogP contribution in [0.2, 0.25) is 0 Å². The molecule has 0 fully saturated rings. The first-order chi connectivity index (χ1) is 28.2. The van der Waals surface area contributed by atoms with Crippen molar-refractivity contribution in [2.24, 2.45) is 0 Å². The lowest BCUT2D eigenvalue weighted by Crippen LogP contribution is -2.10. The first kappa shape index (κ1) is 32.7. The topological polar surface area (TPSA) is 42.4 Å². The molecule has 4 heteroatoms. The number of oxazole rings is 1. The summed E-state index contributed by atoms with van der Waals surface area (Å²) in [7, 11) is 0. The van der Waals surface area contributed by atoms with Gasteiger partial charge in [-0.05, 0) is 117 Å². The fourth-order valence-corrected chi connectivity index (χ4v) is 8.11. The number of hydrogen-bond donors (Lipinski definition) is 0. The minimum atomic E-state index is 0.602. The number of hydrogen-bond acceptors (Lipinski definition) is 4. The lowest BCUT2D eigenvalue weighted by Gasteiger charge is -2.26. The zero-order valence-corrected chi connectivity index (χ0v) is 30.8. The molecule has 0 radical (unpaired) electrons. The Balaban J connectivity index is 0.977. The van der Waals surface area contributed by atoms with Gasteiger partial charge >= 0.3 is 0 Å². The molecule has 0 aliphatic rings. The summed E-state index contributed by atoms with van der Waals surface area (Å²) in [6.45, 7) is 0. The number of fused-ring (bicyclic) bond motifs is 6. The fourth-order valence-electron chi connectivity index (χ4n) is 8.11. The first-order valence-corrected chi connectivity index (χ1v) is 19.2. The number of nitrogens with zero attached hydrogens (tertiary/aromatic N) is 2. The Hall–Kier alpha value is -7.69. The summed E-state index contributed by atoms with van der Waals surface area (Å²) < 4.78 is 12.6. The van der Waals surface area contributed by atoms with Gasteiger partial charge in [-0.3, -0.25) is 0 Å². The molecule has 0 aliphatic heterocycles. The van der Waals surface area contributed by atoms with Crippen molar-refractivity contribution in [2.45, 2.75) is 0 Å². The molecular formula is C53H34N2O2. The fraction of sp³-hybridized carbons (Fsp3) is 0. The molecule has 0 bridgehead atoms. The van der Waals surface area contributed by atoms with Crippen LogP contribution in [0.25, 0.3) is 88.6 Å². The van der Waals surface area contributed by atoms with Crippen molar-refractivity contribution in [2.75, 3.05) is 4.90 Å². The van der Waals surface area contributed by atoms with Gasteiger partial charge in [0.1, 0.15) is 16.7 Å². The van der Waals surface area contributed by atoms with Gasteiger partial charge in [-0.2, -0.15) is 0 Å². The second-order valence-electron chi connectivity index (χ2n) is 14.4. The van der Waals surface area contributed by atoms with Gasteiger partial charge in [0.25, 0.3) is 0 Å². The van der Waals surface area contributed by atoms with Gasteiger partial charge in [0.05, 0.1) is 5.39 Å². The molecular weight excluding hydrogens is 697 g/mol. The molecule has 57 heavy (non-hydrogen) atoms. The van der Waals surface area contributed by atoms with E-state index in [0.717, 1.165) is 66.8 Å². The van der Waals surface area contributed by atoms with Crippen LogP contribution in [0.4, 0.5) is 17.1 Å². The molecule has 0 aliphatic carbocycles. The van der Waals surface area contributed by atoms with Crippen LogP contribution < -0.4 is 4.90 Å². The van der Waals surface area contributed by atoms with Crippen molar-refractivity contribution < 1.29 is 8.83 Å². The average molecular weight is 731 g/mol. The Morgan fingerprint density at radius 1 is 0.351 bits per heavy atom. The lowest BCUT2D eigenvalue weighted by molar-refractivity contribution is 0.619. The Morgan fingerprint density at radius 2 is 0.947 bits per heavy atom. The first-order valence-electron chi connectivity index (χ1n) is 19.2. The Morgan fingerprint density at radius 3 is 1.72 bits per heavy atom. The maximum atomic E-state index is 6.44. The third-order valence-electron chi connectivity index (χ3n) is 10.9. The molecule has 0 N–H and O–H groups in total. The van der Waals surface area contributed by atoms with Gasteiger partial charge in [-0.1, -0.05) is 133 Å². The van der Waals surface area contributed by atoms with Gasteiger partial charge in [0.15, 0.2) is 5.58 Å². The summed E-state index contributed by atoms with van der Waals surface area (Å²) in [5.74, 6) is 0.602. The van der Waals surface area contributed by atoms with E-state index in [-0.39, 0.29) is 0 Å². The molecule has 0 spiro atoms. The highest BCUT2D eigenvalue weighted by atomic mass is 16.4. The van der Waals surface area contributed by atoms with Gasteiger partial charge in [0, 0.05) is 28.0 Å². The van der Waals surface area contributed by atoms with Crippen LogP contribution in [-0.2, 0) is 0 Å². The molecule has 0 saturated heterocycles. The minimum Gasteiger partial charge on any atom is -0.456 e. The van der Waals surface area contributed by atoms with Gasteiger partial charge in [0.2, 0.25) is 5.89 Å². The van der Waals surface area contributed by atoms with E-state index in [4.69, 9.17) is 13.8 Å². The summed E-state index contributed by atoms with van der Waals surface area (Å²) in [4.78, 5) is 7.25. The predicted octanol–water partition coefficient (Wildman–Crippen LogP) is 15.0. The maximum Gasteiger partial charge on any atom is 0.227 e. The van der Waals surface area contributed by atoms with Crippen LogP contribution in [0.3, 0.4) is 0 Å². The number of furan rings is 1. The Labute approximate surface area is 329 Å². The van der Waals surface area contributed by atoms with Gasteiger partial charge in [-0.15, -0.1) is 0 Å². The van der Waals surface area contributed by atoms with E-state index in [1.54, 1.807) is 0 Å². The van der Waals surface area contributed by atoms with Crippen molar-refractivity contribution in [3.63, 3.8) is 0 Å². The number of aromatic nitrogens is 1. The monoisotopic (exact) mass is 730 g/mol. The highest BCUT2D eigenvalue weighted by Gasteiger charge is 2.18. The second-order valence-corrected chi connectivity index (χ2v) is 14.4. The summed E-state index contributed by atoms with van der Waals surface area (Å²) in [5, 5.41) is 4.45. The van der Waals surface area contributed by atoms with E-state index in [2.05, 4.69) is 169 Å². The average Bonchev–Trinajstić information content (AvgIpc) is 3.89. The third-order valence-corrected chi connectivity index (χ3v) is 10.9. The molecule has 9 aromatic carbocycles. The number of anilines is 3. The van der Waals surface area contributed by atoms with Gasteiger partial charge in [-0.25, -0.2) is 4.98 Å². The third kappa shape index (κ3) is 5.83. The molecule has 4 nitrogen and oxygen atoms in total. The van der Waals surface area contributed by atoms with Crippen LogP contribution >= 0.6 is 0 Å². The van der Waals surface area contributed by atoms with E-state index < -0.39 is 0 Å². The molecule has 0 saturated carbocycles. The number of rotatable bonds is 7. The SMILES string of the molecule is c1ccc(-c2ccc(N(c3ccc(-c4ccc5c(c4)oc4ccc6oc(-c7ccccc7)nc6c45)cc3)c3cccc(-c4cccc5ccccc45)c3)cc2)cc1. The van der Waals surface area contributed by atoms with Crippen molar-refractivity contribution in [3.05, 3.63) is 206 Å². The molecule has 268 valence electrons. The maximum absolute atomic E-state index is 6.44. The quantitative estimate of drug-likeness (QED) is 0.164. The van der Waals surface area contributed by atoms with Crippen molar-refractivity contribution in [3.8, 4) is 44.8 Å². The summed E-state index contributed by atoms with van der Waals surface area (Å²) in [5.41, 5.74) is 14.3. The van der Waals surface area contributed by atoms with E-state index in [0.29, 0.717) is 5.89 Å². The number of benzene rings is 9. The van der Waals surface area contributed by atoms with Crippen molar-refractivity contribution in [1.29, 1.82) is 0 Å². The van der Waals surface area contributed by atoms with E-state index >= 15 is 0 Å². The molecule has 11 aromatic rings. The second kappa shape index (κ2) is 13.6. The molecule has 11 rings (SSSR count). The molecule has 0 atom stereocenters. The minimum absolute atomic E-state index is 0.602. The molecule has 2 aromatic heterocycles. The summed E-state index contributed by atoms with van der Waals surface area (Å²) in [6, 6.07) is 72.5. The highest BCUT2D eigenvalue weighted by molar-refractivity contribution is 6.17. The predicted molar refractivity (Wildman–Crippen MR) is 235 cm³/mol. The Bertz CT molecular complexity index is 3210. The van der Waals surface area contributed by atoms with Crippen LogP contribution in [0, 0.1) is 0 Å². The normalized spacial score (nSPS) is 11.5. The summed E-state index contributed by atoms with van der Waals surface area (Å²) in [6.07, 6.45) is 0. The molecule has 0 unspecified atom stereocenters. The zero-order chi connectivity index (χ0) is 37.7. The van der Waals surface area contributed by atoms with E-state index in [1.807, 2.05) is 42.5 Å². The highest BCUT2D eigenvalue weighted by Crippen LogP contribution is 2.41.